The van der Waals surface area contributed by atoms with Gasteiger partial charge in [0.05, 0.1) is 22.8 Å². The summed E-state index contributed by atoms with van der Waals surface area (Å²) in [4.78, 5) is 20.5. The normalized spacial score (nSPS) is 15.7. The zero-order chi connectivity index (χ0) is 21.6. The third kappa shape index (κ3) is 5.00. The fourth-order valence-electron chi connectivity index (χ4n) is 3.66. The van der Waals surface area contributed by atoms with Crippen LogP contribution in [0.2, 0.25) is 0 Å². The van der Waals surface area contributed by atoms with E-state index in [9.17, 15) is 9.90 Å². The second-order valence-electron chi connectivity index (χ2n) is 7.46. The molecule has 0 aliphatic carbocycles. The maximum Gasteiger partial charge on any atom is 0.304 e. The summed E-state index contributed by atoms with van der Waals surface area (Å²) >= 11 is 1.54. The summed E-state index contributed by atoms with van der Waals surface area (Å²) in [5.41, 5.74) is 1.84. The molecule has 0 unspecified atom stereocenters. The molecule has 0 radical (unpaired) electrons. The highest BCUT2D eigenvalue weighted by atomic mass is 32.1. The number of rotatable bonds is 7. The van der Waals surface area contributed by atoms with Crippen molar-refractivity contribution in [3.8, 4) is 5.88 Å². The highest BCUT2D eigenvalue weighted by molar-refractivity contribution is 7.12. The van der Waals surface area contributed by atoms with Crippen molar-refractivity contribution in [2.75, 3.05) is 19.7 Å². The van der Waals surface area contributed by atoms with Crippen molar-refractivity contribution in [2.45, 2.75) is 32.9 Å². The molecule has 2 aromatic heterocycles. The van der Waals surface area contributed by atoms with Gasteiger partial charge in [-0.3, -0.25) is 14.3 Å². The van der Waals surface area contributed by atoms with Crippen molar-refractivity contribution in [3.63, 3.8) is 0 Å². The van der Waals surface area contributed by atoms with Gasteiger partial charge < -0.3 is 9.94 Å². The molecule has 8 nitrogen and oxygen atoms in total. The Morgan fingerprint density at radius 1 is 1.16 bits per heavy atom. The summed E-state index contributed by atoms with van der Waals surface area (Å²) in [6.07, 6.45) is 3.57. The number of piperidine rings is 1. The first kappa shape index (κ1) is 21.2. The van der Waals surface area contributed by atoms with E-state index in [0.717, 1.165) is 41.7 Å². The maximum absolute atomic E-state index is 12.1. The average Bonchev–Trinajstić information content (AvgIpc) is 3.41. The number of hydrogen-bond acceptors (Lipinski definition) is 7. The molecule has 0 bridgehead atoms. The van der Waals surface area contributed by atoms with E-state index in [0.29, 0.717) is 18.1 Å². The Bertz CT molecular complexity index is 1100. The van der Waals surface area contributed by atoms with Gasteiger partial charge in [-0.2, -0.15) is 0 Å². The fourth-order valence-corrected chi connectivity index (χ4v) is 4.33. The first-order valence-electron chi connectivity index (χ1n) is 10.3. The number of azo groups is 1. The van der Waals surface area contributed by atoms with Crippen molar-refractivity contribution in [3.05, 3.63) is 46.7 Å². The Kier molecular flexibility index (Phi) is 6.73. The van der Waals surface area contributed by atoms with Crippen LogP contribution in [0.25, 0.3) is 10.9 Å². The minimum atomic E-state index is -0.574. The number of thiophene rings is 1. The van der Waals surface area contributed by atoms with E-state index < -0.39 is 5.91 Å². The van der Waals surface area contributed by atoms with Gasteiger partial charge in [0.1, 0.15) is 0 Å². The highest BCUT2D eigenvalue weighted by Gasteiger charge is 2.19. The number of amides is 1. The zero-order valence-corrected chi connectivity index (χ0v) is 18.2. The molecule has 1 amide bonds. The van der Waals surface area contributed by atoms with Crippen LogP contribution >= 0.6 is 11.3 Å². The molecular weight excluding hydrogens is 414 g/mol. The standard InChI is InChI=1S/C22H25N5O3S/c1-16(19-10-7-13-31-19)25-30-14-20(28)23-24-21-17-8-3-4-9-18(17)27(22(21)29)15-26-11-5-2-6-12-26/h3-4,7-10,13,29H,2,5-6,11-12,14-15H2,1H3/b24-23?,25-16+. The van der Waals surface area contributed by atoms with E-state index in [1.807, 2.05) is 53.3 Å². The summed E-state index contributed by atoms with van der Waals surface area (Å²) in [5.74, 6) is -0.564. The van der Waals surface area contributed by atoms with E-state index in [2.05, 4.69) is 20.3 Å². The summed E-state index contributed by atoms with van der Waals surface area (Å²) in [5, 5.41) is 25.3. The van der Waals surface area contributed by atoms with Gasteiger partial charge in [0, 0.05) is 5.39 Å². The summed E-state index contributed by atoms with van der Waals surface area (Å²) < 4.78 is 1.82. The number of oxime groups is 1. The lowest BCUT2D eigenvalue weighted by Crippen LogP contribution is -2.31. The van der Waals surface area contributed by atoms with Crippen LogP contribution < -0.4 is 0 Å². The number of benzene rings is 1. The number of hydrogen-bond donors (Lipinski definition) is 1. The van der Waals surface area contributed by atoms with Gasteiger partial charge >= 0.3 is 5.91 Å². The fraction of sp³-hybridized carbons (Fsp3) is 0.364. The molecule has 1 aliphatic heterocycles. The predicted octanol–water partition coefficient (Wildman–Crippen LogP) is 4.90. The van der Waals surface area contributed by atoms with Crippen LogP contribution in [0, 0.1) is 0 Å². The Labute approximate surface area is 184 Å². The Balaban J connectivity index is 1.47. The van der Waals surface area contributed by atoms with E-state index in [1.54, 1.807) is 11.3 Å². The van der Waals surface area contributed by atoms with Gasteiger partial charge in [0.25, 0.3) is 0 Å². The number of aromatic hydroxyl groups is 1. The van der Waals surface area contributed by atoms with E-state index >= 15 is 0 Å². The van der Waals surface area contributed by atoms with E-state index in [-0.39, 0.29) is 12.5 Å². The maximum atomic E-state index is 12.1. The first-order valence-corrected chi connectivity index (χ1v) is 11.2. The van der Waals surface area contributed by atoms with Gasteiger partial charge in [-0.25, -0.2) is 0 Å². The topological polar surface area (TPSA) is 91.8 Å². The molecule has 1 saturated heterocycles. The van der Waals surface area contributed by atoms with Crippen LogP contribution in [-0.2, 0) is 16.3 Å². The SMILES string of the molecule is C/C(=N\OCC(=O)N=Nc1c(O)n(CN2CCCCC2)c2ccccc12)c1cccs1. The number of nitrogens with zero attached hydrogens (tertiary/aromatic N) is 5. The van der Waals surface area contributed by atoms with Gasteiger partial charge in [0.15, 0.2) is 12.3 Å². The van der Waals surface area contributed by atoms with Crippen molar-refractivity contribution in [1.82, 2.24) is 9.47 Å². The van der Waals surface area contributed by atoms with E-state index in [1.165, 1.54) is 6.42 Å². The monoisotopic (exact) mass is 439 g/mol. The molecule has 1 fully saturated rings. The average molecular weight is 440 g/mol. The van der Waals surface area contributed by atoms with Crippen LogP contribution in [0.15, 0.2) is 57.2 Å². The number of fused-ring (bicyclic) bond motifs is 1. The quantitative estimate of drug-likeness (QED) is 0.322. The molecular formula is C22H25N5O3S. The lowest BCUT2D eigenvalue weighted by molar-refractivity contribution is -0.122. The van der Waals surface area contributed by atoms with Crippen LogP contribution in [-0.4, -0.2) is 45.9 Å². The number of carbonyl (C=O) groups excluding carboxylic acids is 1. The first-order chi connectivity index (χ1) is 15.1. The smallest absolute Gasteiger partial charge is 0.304 e. The Morgan fingerprint density at radius 3 is 2.74 bits per heavy atom. The number of likely N-dealkylation sites (tertiary alicyclic amines) is 1. The summed E-state index contributed by atoms with van der Waals surface area (Å²) in [7, 11) is 0. The van der Waals surface area contributed by atoms with Crippen LogP contribution in [0.4, 0.5) is 5.69 Å². The number of aromatic nitrogens is 1. The summed E-state index contributed by atoms with van der Waals surface area (Å²) in [6.45, 7) is 4.08. The minimum absolute atomic E-state index is 0.0100. The largest absolute Gasteiger partial charge is 0.493 e. The lowest BCUT2D eigenvalue weighted by Gasteiger charge is -2.27. The zero-order valence-electron chi connectivity index (χ0n) is 17.4. The highest BCUT2D eigenvalue weighted by Crippen LogP contribution is 2.39. The number of carbonyl (C=O) groups is 1. The molecule has 162 valence electrons. The summed E-state index contributed by atoms with van der Waals surface area (Å²) in [6, 6.07) is 11.4. The van der Waals surface area contributed by atoms with Gasteiger partial charge in [-0.05, 0) is 50.4 Å². The molecule has 1 aliphatic rings. The third-order valence-electron chi connectivity index (χ3n) is 5.24. The molecule has 3 aromatic rings. The molecule has 4 rings (SSSR count). The van der Waals surface area contributed by atoms with Crippen molar-refractivity contribution >= 4 is 39.5 Å². The Morgan fingerprint density at radius 2 is 1.97 bits per heavy atom. The molecule has 3 heterocycles. The molecule has 0 spiro atoms. The molecule has 1 aromatic carbocycles. The van der Waals surface area contributed by atoms with Crippen LogP contribution in [0.5, 0.6) is 5.88 Å². The third-order valence-corrected chi connectivity index (χ3v) is 6.21. The minimum Gasteiger partial charge on any atom is -0.493 e. The van der Waals surface area contributed by atoms with Crippen molar-refractivity contribution in [2.24, 2.45) is 15.4 Å². The second-order valence-corrected chi connectivity index (χ2v) is 8.41. The Hall–Kier alpha value is -3.04. The second kappa shape index (κ2) is 9.84. The van der Waals surface area contributed by atoms with Crippen LogP contribution in [0.3, 0.4) is 0 Å². The number of para-hydroxylation sites is 1. The van der Waals surface area contributed by atoms with Crippen molar-refractivity contribution < 1.29 is 14.7 Å². The van der Waals surface area contributed by atoms with Gasteiger partial charge in [0.2, 0.25) is 5.88 Å². The molecule has 9 heteroatoms. The molecule has 31 heavy (non-hydrogen) atoms. The molecule has 0 saturated carbocycles. The molecule has 1 N–H and O–H groups in total. The van der Waals surface area contributed by atoms with E-state index in [4.69, 9.17) is 4.84 Å². The van der Waals surface area contributed by atoms with Gasteiger partial charge in [-0.1, -0.05) is 35.8 Å². The lowest BCUT2D eigenvalue weighted by atomic mass is 10.1. The van der Waals surface area contributed by atoms with Crippen molar-refractivity contribution in [1.29, 1.82) is 0 Å². The van der Waals surface area contributed by atoms with Gasteiger partial charge in [-0.15, -0.1) is 21.6 Å². The van der Waals surface area contributed by atoms with Crippen LogP contribution in [0.1, 0.15) is 31.1 Å². The molecule has 0 atom stereocenters. The predicted molar refractivity (Wildman–Crippen MR) is 121 cm³/mol.